The lowest BCUT2D eigenvalue weighted by atomic mass is 9.72. The average Bonchev–Trinajstić information content (AvgIpc) is 3.38. The number of halogens is 3. The maximum Gasteiger partial charge on any atom is 0.400 e. The molecule has 1 N–H and O–H groups in total. The number of alkyl halides is 3. The molecule has 1 saturated heterocycles. The predicted molar refractivity (Wildman–Crippen MR) is 105 cm³/mol. The van der Waals surface area contributed by atoms with E-state index < -0.39 is 52.4 Å². The summed E-state index contributed by atoms with van der Waals surface area (Å²) in [5.41, 5.74) is 0. The zero-order valence-electron chi connectivity index (χ0n) is 17.8. The molecule has 8 atom stereocenters. The topological polar surface area (TPSA) is 124 Å². The number of rotatable bonds is 9. The molecule has 0 amide bonds. The Hall–Kier alpha value is -1.69. The molecule has 0 spiro atoms. The van der Waals surface area contributed by atoms with Crippen LogP contribution in [0.3, 0.4) is 0 Å². The van der Waals surface area contributed by atoms with E-state index in [0.29, 0.717) is 19.3 Å². The van der Waals surface area contributed by atoms with Gasteiger partial charge in [0, 0.05) is 30.6 Å². The lowest BCUT2D eigenvalue weighted by Gasteiger charge is -2.31. The molecule has 0 radical (unpaired) electrons. The van der Waals surface area contributed by atoms with Gasteiger partial charge in [-0.05, 0) is 31.6 Å². The Morgan fingerprint density at radius 1 is 1.18 bits per heavy atom. The Kier molecular flexibility index (Phi) is 6.54. The van der Waals surface area contributed by atoms with Crippen molar-refractivity contribution in [1.29, 1.82) is 0 Å². The summed E-state index contributed by atoms with van der Waals surface area (Å²) in [4.78, 5) is 37.6. The summed E-state index contributed by atoms with van der Waals surface area (Å²) in [7, 11) is -5.94. The molecule has 0 aromatic heterocycles. The van der Waals surface area contributed by atoms with Gasteiger partial charge < -0.3 is 9.47 Å². The number of ether oxygens (including phenoxy) is 2. The molecule has 3 saturated carbocycles. The SMILES string of the molecule is O=C(CC1C2CC3C(=O)OC1C3C2)C1CCCCC1C(=O)OCCC(F)C(F)(F)S(=O)(=O)O. The van der Waals surface area contributed by atoms with E-state index in [1.54, 1.807) is 0 Å². The second-order valence-corrected chi connectivity index (χ2v) is 11.2. The monoisotopic (exact) mass is 496 g/mol. The van der Waals surface area contributed by atoms with Gasteiger partial charge in [0.15, 0.2) is 6.17 Å². The molecule has 4 aliphatic rings. The molecular formula is C21H27F3O8S. The van der Waals surface area contributed by atoms with E-state index in [4.69, 9.17) is 14.0 Å². The Morgan fingerprint density at radius 3 is 2.52 bits per heavy atom. The number of esters is 2. The molecule has 1 aliphatic heterocycles. The third kappa shape index (κ3) is 4.40. The van der Waals surface area contributed by atoms with Crippen LogP contribution in [0.5, 0.6) is 0 Å². The summed E-state index contributed by atoms with van der Waals surface area (Å²) in [6.07, 6.45) is -0.565. The van der Waals surface area contributed by atoms with Crippen LogP contribution in [0.25, 0.3) is 0 Å². The number of hydrogen-bond acceptors (Lipinski definition) is 7. The molecule has 4 fully saturated rings. The first-order chi connectivity index (χ1) is 15.4. The summed E-state index contributed by atoms with van der Waals surface area (Å²) in [5, 5.41) is -5.01. The number of hydrogen-bond donors (Lipinski definition) is 1. The van der Waals surface area contributed by atoms with Crippen molar-refractivity contribution in [2.24, 2.45) is 35.5 Å². The molecule has 12 heteroatoms. The highest BCUT2D eigenvalue weighted by atomic mass is 32.2. The highest BCUT2D eigenvalue weighted by molar-refractivity contribution is 7.86. The summed E-state index contributed by atoms with van der Waals surface area (Å²) in [5.74, 6) is -2.21. The molecule has 1 heterocycles. The van der Waals surface area contributed by atoms with Crippen molar-refractivity contribution in [2.75, 3.05) is 6.61 Å². The molecule has 8 unspecified atom stereocenters. The molecule has 33 heavy (non-hydrogen) atoms. The largest absolute Gasteiger partial charge is 0.465 e. The summed E-state index contributed by atoms with van der Waals surface area (Å²) in [6.45, 7) is -0.811. The van der Waals surface area contributed by atoms with Crippen molar-refractivity contribution < 1.29 is 50.0 Å². The van der Waals surface area contributed by atoms with Gasteiger partial charge in [0.1, 0.15) is 11.9 Å². The minimum atomic E-state index is -5.94. The van der Waals surface area contributed by atoms with E-state index in [-0.39, 0.29) is 47.9 Å². The normalized spacial score (nSPS) is 36.5. The van der Waals surface area contributed by atoms with Crippen molar-refractivity contribution in [3.05, 3.63) is 0 Å². The molecule has 4 rings (SSSR count). The summed E-state index contributed by atoms with van der Waals surface area (Å²) in [6, 6.07) is 0. The number of carbonyl (C=O) groups is 3. The van der Waals surface area contributed by atoms with Gasteiger partial charge in [-0.2, -0.15) is 17.2 Å². The van der Waals surface area contributed by atoms with Crippen molar-refractivity contribution in [3.8, 4) is 0 Å². The van der Waals surface area contributed by atoms with Crippen LogP contribution < -0.4 is 0 Å². The maximum absolute atomic E-state index is 13.6. The zero-order valence-corrected chi connectivity index (χ0v) is 18.6. The maximum atomic E-state index is 13.6. The van der Waals surface area contributed by atoms with Gasteiger partial charge in [-0.15, -0.1) is 0 Å². The smallest absolute Gasteiger partial charge is 0.400 e. The van der Waals surface area contributed by atoms with Crippen molar-refractivity contribution >= 4 is 27.8 Å². The first kappa shape index (κ1) is 24.4. The Bertz CT molecular complexity index is 922. The zero-order chi connectivity index (χ0) is 24.1. The fourth-order valence-corrected chi connectivity index (χ4v) is 6.68. The highest BCUT2D eigenvalue weighted by Crippen LogP contribution is 2.58. The van der Waals surface area contributed by atoms with E-state index in [1.807, 2.05) is 0 Å². The van der Waals surface area contributed by atoms with E-state index in [2.05, 4.69) is 0 Å². The average molecular weight is 497 g/mol. The van der Waals surface area contributed by atoms with Crippen LogP contribution in [-0.4, -0.2) is 54.8 Å². The molecule has 0 aromatic rings. The van der Waals surface area contributed by atoms with Gasteiger partial charge >= 0.3 is 27.3 Å². The van der Waals surface area contributed by atoms with E-state index in [0.717, 1.165) is 19.3 Å². The quantitative estimate of drug-likeness (QED) is 0.382. The highest BCUT2D eigenvalue weighted by Gasteiger charge is 2.62. The molecule has 186 valence electrons. The minimum Gasteiger partial charge on any atom is -0.465 e. The van der Waals surface area contributed by atoms with Gasteiger partial charge in [0.25, 0.3) is 0 Å². The van der Waals surface area contributed by atoms with Crippen LogP contribution in [0, 0.1) is 35.5 Å². The molecule has 0 aromatic carbocycles. The third-order valence-corrected chi connectivity index (χ3v) is 8.84. The van der Waals surface area contributed by atoms with E-state index >= 15 is 0 Å². The standard InChI is InChI=1S/C21H27F3O8S/c22-17(21(23,24)33(28,29)30)5-6-31-19(26)12-4-2-1-3-11(12)16(25)9-13-10-7-14-15(8-10)20(27)32-18(13)14/h10-15,17-18H,1-9H2,(H,28,29,30). The second kappa shape index (κ2) is 8.83. The fourth-order valence-electron chi connectivity index (χ4n) is 6.24. The van der Waals surface area contributed by atoms with Gasteiger partial charge in [-0.1, -0.05) is 12.8 Å². The minimum absolute atomic E-state index is 0.0567. The van der Waals surface area contributed by atoms with Crippen LogP contribution in [0.2, 0.25) is 0 Å². The van der Waals surface area contributed by atoms with Gasteiger partial charge in [0.2, 0.25) is 0 Å². The van der Waals surface area contributed by atoms with Crippen LogP contribution >= 0.6 is 0 Å². The first-order valence-corrected chi connectivity index (χ1v) is 12.7. The Morgan fingerprint density at radius 2 is 1.85 bits per heavy atom. The number of ketones is 1. The molecular weight excluding hydrogens is 469 g/mol. The van der Waals surface area contributed by atoms with Crippen LogP contribution in [0.1, 0.15) is 51.4 Å². The third-order valence-electron chi connectivity index (χ3n) is 7.90. The van der Waals surface area contributed by atoms with Crippen molar-refractivity contribution in [1.82, 2.24) is 0 Å². The number of fused-ring (bicyclic) bond motifs is 1. The van der Waals surface area contributed by atoms with E-state index in [9.17, 15) is 36.0 Å². The predicted octanol–water partition coefficient (Wildman–Crippen LogP) is 2.70. The van der Waals surface area contributed by atoms with Gasteiger partial charge in [-0.25, -0.2) is 4.39 Å². The van der Waals surface area contributed by atoms with Gasteiger partial charge in [-0.3, -0.25) is 18.9 Å². The van der Waals surface area contributed by atoms with Crippen LogP contribution in [0.15, 0.2) is 0 Å². The first-order valence-electron chi connectivity index (χ1n) is 11.3. The Balaban J connectivity index is 1.32. The fraction of sp³-hybridized carbons (Fsp3) is 0.857. The Labute approximate surface area is 189 Å². The van der Waals surface area contributed by atoms with Crippen LogP contribution in [-0.2, 0) is 34.0 Å². The van der Waals surface area contributed by atoms with E-state index in [1.165, 1.54) is 0 Å². The lowest BCUT2D eigenvalue weighted by molar-refractivity contribution is -0.155. The summed E-state index contributed by atoms with van der Waals surface area (Å²) >= 11 is 0. The summed E-state index contributed by atoms with van der Waals surface area (Å²) < 4.78 is 80.2. The lowest BCUT2D eigenvalue weighted by Crippen LogP contribution is -2.40. The van der Waals surface area contributed by atoms with Crippen molar-refractivity contribution in [3.63, 3.8) is 0 Å². The number of carbonyl (C=O) groups excluding carboxylic acids is 3. The van der Waals surface area contributed by atoms with Crippen molar-refractivity contribution in [2.45, 2.75) is 68.9 Å². The second-order valence-electron chi connectivity index (χ2n) is 9.70. The molecule has 3 aliphatic carbocycles. The molecule has 2 bridgehead atoms. The van der Waals surface area contributed by atoms with Crippen LogP contribution in [0.4, 0.5) is 13.2 Å². The molecule has 8 nitrogen and oxygen atoms in total. The number of Topliss-reactive ketones (excluding diaryl/α,β-unsaturated/α-hetero) is 1. The van der Waals surface area contributed by atoms with Gasteiger partial charge in [0.05, 0.1) is 18.4 Å².